The highest BCUT2D eigenvalue weighted by Gasteiger charge is 2.43. The van der Waals surface area contributed by atoms with Gasteiger partial charge >= 0.3 is 12.0 Å². The third-order valence-corrected chi connectivity index (χ3v) is 5.31. The molecule has 0 fully saturated rings. The van der Waals surface area contributed by atoms with Crippen LogP contribution in [0.4, 0.5) is 10.5 Å². The van der Waals surface area contributed by atoms with E-state index in [0.29, 0.717) is 19.3 Å². The van der Waals surface area contributed by atoms with Gasteiger partial charge in [0, 0.05) is 12.6 Å². The number of primary amides is 1. The van der Waals surface area contributed by atoms with E-state index in [2.05, 4.69) is 10.4 Å². The molecule has 1 aromatic rings. The average Bonchev–Trinajstić information content (AvgIpc) is 3.04. The van der Waals surface area contributed by atoms with Crippen molar-refractivity contribution in [3.63, 3.8) is 0 Å². The summed E-state index contributed by atoms with van der Waals surface area (Å²) >= 11 is 0. The zero-order valence-corrected chi connectivity index (χ0v) is 19.0. The fourth-order valence-corrected chi connectivity index (χ4v) is 4.04. The van der Waals surface area contributed by atoms with Crippen molar-refractivity contribution in [2.45, 2.75) is 70.2 Å². The van der Waals surface area contributed by atoms with Gasteiger partial charge in [0.25, 0.3) is 0 Å². The fourth-order valence-electron chi connectivity index (χ4n) is 4.04. The summed E-state index contributed by atoms with van der Waals surface area (Å²) in [6.07, 6.45) is 2.42. The van der Waals surface area contributed by atoms with Crippen LogP contribution in [0.3, 0.4) is 0 Å². The Balaban J connectivity index is 1.81. The summed E-state index contributed by atoms with van der Waals surface area (Å²) in [4.78, 5) is 51.0. The van der Waals surface area contributed by atoms with Gasteiger partial charge in [0.1, 0.15) is 11.6 Å². The van der Waals surface area contributed by atoms with Crippen LogP contribution in [0.15, 0.2) is 23.3 Å². The summed E-state index contributed by atoms with van der Waals surface area (Å²) < 4.78 is 5.32. The van der Waals surface area contributed by atoms with E-state index in [1.807, 2.05) is 23.6 Å². The van der Waals surface area contributed by atoms with Crippen LogP contribution >= 0.6 is 0 Å². The second-order valence-electron chi connectivity index (χ2n) is 9.16. The van der Waals surface area contributed by atoms with Crippen LogP contribution in [-0.4, -0.2) is 53.8 Å². The van der Waals surface area contributed by atoms with Gasteiger partial charge in [0.05, 0.1) is 24.2 Å². The number of nitrogens with zero attached hydrogens (tertiary/aromatic N) is 2. The number of para-hydroxylation sites is 1. The number of amides is 4. The minimum atomic E-state index is -0.905. The molecule has 33 heavy (non-hydrogen) atoms. The molecule has 0 spiro atoms. The number of aryl methyl sites for hydroxylation is 1. The van der Waals surface area contributed by atoms with E-state index in [1.54, 1.807) is 20.8 Å². The molecule has 3 rings (SSSR count). The first kappa shape index (κ1) is 24.2. The molecule has 2 heterocycles. The Labute approximate surface area is 191 Å². The van der Waals surface area contributed by atoms with Gasteiger partial charge in [-0.15, -0.1) is 0 Å². The van der Waals surface area contributed by atoms with E-state index >= 15 is 0 Å². The Kier molecular flexibility index (Phi) is 7.01. The van der Waals surface area contributed by atoms with Crippen molar-refractivity contribution in [1.82, 2.24) is 10.7 Å². The Bertz CT molecular complexity index is 986. The quantitative estimate of drug-likeness (QED) is 0.267. The summed E-state index contributed by atoms with van der Waals surface area (Å²) in [7, 11) is 0. The summed E-state index contributed by atoms with van der Waals surface area (Å²) in [6, 6.07) is 2.40. The zero-order chi connectivity index (χ0) is 24.3. The SMILES string of the molecule is CC(C)(C)OC(=O)C[C@@H](/C=N/NC(N)=O)NC(=O)[C@@H]1Cc2cccc3c2N1C(=O)[C@@H](N)CC3. The Morgan fingerprint density at radius 3 is 2.67 bits per heavy atom. The van der Waals surface area contributed by atoms with Crippen LogP contribution in [0, 0.1) is 0 Å². The van der Waals surface area contributed by atoms with E-state index < -0.39 is 41.6 Å². The van der Waals surface area contributed by atoms with Crippen molar-refractivity contribution < 1.29 is 23.9 Å². The van der Waals surface area contributed by atoms with Gasteiger partial charge in [-0.25, -0.2) is 10.2 Å². The predicted molar refractivity (Wildman–Crippen MR) is 121 cm³/mol. The standard InChI is InChI=1S/C22H30N6O5/c1-22(2,3)33-17(29)10-14(11-25-27-21(24)32)26-19(30)16-9-13-6-4-5-12-7-8-15(23)20(31)28(16)18(12)13/h4-6,11,14-16H,7-10,23H2,1-3H3,(H,26,30)(H3,24,27,32)/b25-11+/t14-,15-,16-/m0/s1. The second-order valence-corrected chi connectivity index (χ2v) is 9.16. The first-order valence-corrected chi connectivity index (χ1v) is 10.8. The lowest BCUT2D eigenvalue weighted by atomic mass is 10.0. The van der Waals surface area contributed by atoms with Gasteiger partial charge in [-0.05, 0) is 44.7 Å². The Morgan fingerprint density at radius 2 is 2.00 bits per heavy atom. The molecule has 0 radical (unpaired) electrons. The summed E-state index contributed by atoms with van der Waals surface area (Å²) in [5, 5.41) is 6.41. The fraction of sp³-hybridized carbons (Fsp3) is 0.500. The van der Waals surface area contributed by atoms with Crippen LogP contribution in [0.5, 0.6) is 0 Å². The van der Waals surface area contributed by atoms with Crippen molar-refractivity contribution in [3.8, 4) is 0 Å². The van der Waals surface area contributed by atoms with Crippen molar-refractivity contribution >= 4 is 35.7 Å². The maximum atomic E-state index is 13.3. The molecule has 0 saturated heterocycles. The maximum Gasteiger partial charge on any atom is 0.332 e. The van der Waals surface area contributed by atoms with Crippen LogP contribution in [0.2, 0.25) is 0 Å². The maximum absolute atomic E-state index is 13.3. The monoisotopic (exact) mass is 458 g/mol. The van der Waals surface area contributed by atoms with Gasteiger partial charge in [-0.1, -0.05) is 18.2 Å². The molecule has 1 aromatic carbocycles. The van der Waals surface area contributed by atoms with E-state index in [-0.39, 0.29) is 12.3 Å². The molecular weight excluding hydrogens is 428 g/mol. The third kappa shape index (κ3) is 5.86. The van der Waals surface area contributed by atoms with Gasteiger partial charge < -0.3 is 21.5 Å². The summed E-state index contributed by atoms with van der Waals surface area (Å²) in [6.45, 7) is 5.17. The van der Waals surface area contributed by atoms with Crippen LogP contribution in [0.25, 0.3) is 0 Å². The molecule has 178 valence electrons. The molecule has 4 amide bonds. The number of nitrogens with two attached hydrogens (primary N) is 2. The number of benzene rings is 1. The lowest BCUT2D eigenvalue weighted by molar-refractivity contribution is -0.155. The minimum Gasteiger partial charge on any atom is -0.460 e. The number of carbonyl (C=O) groups is 4. The summed E-state index contributed by atoms with van der Waals surface area (Å²) in [5.74, 6) is -1.35. The third-order valence-electron chi connectivity index (χ3n) is 5.31. The number of esters is 1. The lowest BCUT2D eigenvalue weighted by Gasteiger charge is -2.27. The molecule has 11 nitrogen and oxygen atoms in total. The van der Waals surface area contributed by atoms with E-state index in [9.17, 15) is 19.2 Å². The number of hydrogen-bond donors (Lipinski definition) is 4. The van der Waals surface area contributed by atoms with Gasteiger partial charge in [-0.3, -0.25) is 19.3 Å². The number of hydrogen-bond acceptors (Lipinski definition) is 7. The highest BCUT2D eigenvalue weighted by molar-refractivity contribution is 6.07. The molecule has 0 unspecified atom stereocenters. The molecule has 11 heteroatoms. The Hall–Kier alpha value is -3.47. The normalized spacial score (nSPS) is 20.7. The molecule has 6 N–H and O–H groups in total. The van der Waals surface area contributed by atoms with Crippen LogP contribution in [-0.2, 0) is 32.0 Å². The van der Waals surface area contributed by atoms with Crippen molar-refractivity contribution in [2.24, 2.45) is 16.6 Å². The van der Waals surface area contributed by atoms with Crippen LogP contribution in [0.1, 0.15) is 44.7 Å². The molecule has 0 bridgehead atoms. The largest absolute Gasteiger partial charge is 0.460 e. The number of ether oxygens (including phenoxy) is 1. The van der Waals surface area contributed by atoms with Gasteiger partial charge in [0.2, 0.25) is 11.8 Å². The van der Waals surface area contributed by atoms with E-state index in [1.165, 1.54) is 11.1 Å². The molecule has 0 aliphatic carbocycles. The van der Waals surface area contributed by atoms with Crippen molar-refractivity contribution in [1.29, 1.82) is 0 Å². The van der Waals surface area contributed by atoms with Crippen LogP contribution < -0.4 is 27.1 Å². The Morgan fingerprint density at radius 1 is 1.30 bits per heavy atom. The topological polar surface area (TPSA) is 169 Å². The number of urea groups is 1. The summed E-state index contributed by atoms with van der Waals surface area (Å²) in [5.41, 5.74) is 15.0. The first-order valence-electron chi connectivity index (χ1n) is 10.8. The molecular formula is C22H30N6O5. The lowest BCUT2D eigenvalue weighted by Crippen LogP contribution is -2.54. The van der Waals surface area contributed by atoms with E-state index in [0.717, 1.165) is 16.8 Å². The van der Waals surface area contributed by atoms with Gasteiger partial charge in [-0.2, -0.15) is 5.10 Å². The zero-order valence-electron chi connectivity index (χ0n) is 19.0. The molecule has 3 atom stereocenters. The smallest absolute Gasteiger partial charge is 0.332 e. The first-order chi connectivity index (χ1) is 15.5. The van der Waals surface area contributed by atoms with Gasteiger partial charge in [0.15, 0.2) is 0 Å². The number of nitrogens with one attached hydrogen (secondary N) is 2. The second kappa shape index (κ2) is 9.57. The van der Waals surface area contributed by atoms with Crippen molar-refractivity contribution in [3.05, 3.63) is 29.3 Å². The molecule has 0 saturated carbocycles. The molecule has 0 aromatic heterocycles. The molecule has 2 aliphatic heterocycles. The average molecular weight is 459 g/mol. The number of anilines is 1. The number of hydrazone groups is 1. The predicted octanol–water partition coefficient (Wildman–Crippen LogP) is 0.0885. The highest BCUT2D eigenvalue weighted by Crippen LogP contribution is 2.38. The number of carbonyl (C=O) groups excluding carboxylic acids is 4. The minimum absolute atomic E-state index is 0.231. The molecule has 2 aliphatic rings. The number of rotatable bonds is 6. The van der Waals surface area contributed by atoms with Crippen molar-refractivity contribution in [2.75, 3.05) is 4.90 Å². The highest BCUT2D eigenvalue weighted by atomic mass is 16.6. The van der Waals surface area contributed by atoms with E-state index in [4.69, 9.17) is 16.2 Å².